The molecule has 0 spiro atoms. The number of carbonyl (C=O) groups excluding carboxylic acids is 2. The van der Waals surface area contributed by atoms with E-state index in [1.54, 1.807) is 0 Å². The van der Waals surface area contributed by atoms with E-state index in [0.29, 0.717) is 25.8 Å². The molecule has 2 saturated heterocycles. The summed E-state index contributed by atoms with van der Waals surface area (Å²) in [6, 6.07) is 9.76. The molecule has 0 amide bonds. The van der Waals surface area contributed by atoms with Crippen molar-refractivity contribution in [2.24, 2.45) is 0 Å². The number of likely N-dealkylation sites (tertiary alicyclic amines) is 1. The monoisotopic (exact) mass is 339 g/mol. The molecule has 1 aromatic rings. The molecule has 2 fully saturated rings. The molecule has 1 aromatic carbocycles. The van der Waals surface area contributed by atoms with Crippen LogP contribution in [0.15, 0.2) is 30.3 Å². The van der Waals surface area contributed by atoms with Crippen molar-refractivity contribution in [3.05, 3.63) is 35.9 Å². The number of hydrogen-bond acceptors (Lipinski definition) is 5. The lowest BCUT2D eigenvalue weighted by Gasteiger charge is -2.34. The second kappa shape index (κ2) is 7.79. The highest BCUT2D eigenvalue weighted by Crippen LogP contribution is 2.34. The zero-order chi connectivity index (χ0) is 17.7. The largest absolute Gasteiger partial charge is 0.307 e. The maximum absolute atomic E-state index is 13.1. The number of rotatable bonds is 7. The molecular formula is C20H25N3O2. The zero-order valence-electron chi connectivity index (χ0n) is 14.5. The average Bonchev–Trinajstić information content (AvgIpc) is 3.32. The van der Waals surface area contributed by atoms with Gasteiger partial charge in [-0.05, 0) is 50.6 Å². The van der Waals surface area contributed by atoms with E-state index in [2.05, 4.69) is 11.5 Å². The zero-order valence-corrected chi connectivity index (χ0v) is 14.5. The van der Waals surface area contributed by atoms with Crippen molar-refractivity contribution < 1.29 is 9.59 Å². The molecule has 5 nitrogen and oxygen atoms in total. The third-order valence-corrected chi connectivity index (χ3v) is 5.46. The van der Waals surface area contributed by atoms with Gasteiger partial charge in [0.05, 0.1) is 6.04 Å². The normalized spacial score (nSPS) is 25.7. The molecule has 2 aliphatic heterocycles. The minimum absolute atomic E-state index is 0.0822. The summed E-state index contributed by atoms with van der Waals surface area (Å²) in [5.41, 5.74) is -0.0373. The van der Waals surface area contributed by atoms with Crippen LogP contribution in [0.5, 0.6) is 0 Å². The fourth-order valence-electron chi connectivity index (χ4n) is 4.14. The van der Waals surface area contributed by atoms with Crippen LogP contribution in [-0.2, 0) is 16.0 Å². The summed E-state index contributed by atoms with van der Waals surface area (Å²) in [5.74, 6) is -0.171. The number of benzene rings is 1. The van der Waals surface area contributed by atoms with Crippen molar-refractivity contribution >= 4 is 11.6 Å². The quantitative estimate of drug-likeness (QED) is 0.609. The van der Waals surface area contributed by atoms with Crippen molar-refractivity contribution in [1.82, 2.24) is 10.2 Å². The van der Waals surface area contributed by atoms with Crippen molar-refractivity contribution in [2.45, 2.75) is 56.5 Å². The number of nitriles is 1. The Bertz CT molecular complexity index is 661. The number of carbonyl (C=O) groups is 2. The number of aryl methyl sites for hydroxylation is 1. The summed E-state index contributed by atoms with van der Waals surface area (Å²) in [6.45, 7) is 1.31. The van der Waals surface area contributed by atoms with E-state index in [9.17, 15) is 14.9 Å². The smallest absolute Gasteiger partial charge is 0.183 e. The van der Waals surface area contributed by atoms with Gasteiger partial charge in [-0.15, -0.1) is 0 Å². The maximum atomic E-state index is 13.1. The number of nitrogens with zero attached hydrogens (tertiary/aromatic N) is 2. The summed E-state index contributed by atoms with van der Waals surface area (Å²) >= 11 is 0. The molecule has 0 aliphatic carbocycles. The van der Waals surface area contributed by atoms with Crippen LogP contribution in [0.3, 0.4) is 0 Å². The Morgan fingerprint density at radius 1 is 1.28 bits per heavy atom. The molecule has 0 saturated carbocycles. The standard InChI is InChI=1S/C20H25N3O2/c21-15-23-14-6-12-20(23,19(25)17-10-5-13-22-17)18(24)11-4-9-16-7-2-1-3-8-16/h1-3,7-8,17,22H,4-6,9-14H2/t17-,20?/m0/s1. The lowest BCUT2D eigenvalue weighted by atomic mass is 9.80. The lowest BCUT2D eigenvalue weighted by molar-refractivity contribution is -0.141. The first-order chi connectivity index (χ1) is 12.2. The molecule has 2 atom stereocenters. The Hall–Kier alpha value is -2.19. The molecule has 0 bridgehead atoms. The summed E-state index contributed by atoms with van der Waals surface area (Å²) in [5, 5.41) is 12.7. The Balaban J connectivity index is 1.71. The molecule has 0 radical (unpaired) electrons. The van der Waals surface area contributed by atoms with Gasteiger partial charge in [-0.25, -0.2) is 0 Å². The Labute approximate surface area is 149 Å². The predicted octanol–water partition coefficient (Wildman–Crippen LogP) is 2.22. The molecule has 1 unspecified atom stereocenters. The minimum Gasteiger partial charge on any atom is -0.307 e. The third-order valence-electron chi connectivity index (χ3n) is 5.46. The van der Waals surface area contributed by atoms with Crippen molar-refractivity contribution in [3.63, 3.8) is 0 Å². The average molecular weight is 339 g/mol. The van der Waals surface area contributed by atoms with Gasteiger partial charge >= 0.3 is 0 Å². The number of hydrogen-bond donors (Lipinski definition) is 1. The van der Waals surface area contributed by atoms with E-state index in [1.165, 1.54) is 10.5 Å². The molecule has 5 heteroatoms. The van der Waals surface area contributed by atoms with Crippen LogP contribution in [0.2, 0.25) is 0 Å². The van der Waals surface area contributed by atoms with Crippen LogP contribution in [-0.4, -0.2) is 41.1 Å². The number of ketones is 2. The molecule has 2 aliphatic rings. The Morgan fingerprint density at radius 2 is 2.08 bits per heavy atom. The molecule has 2 heterocycles. The second-order valence-electron chi connectivity index (χ2n) is 6.99. The van der Waals surface area contributed by atoms with Crippen LogP contribution in [0.1, 0.15) is 44.1 Å². The van der Waals surface area contributed by atoms with Gasteiger partial charge in [0.2, 0.25) is 0 Å². The highest BCUT2D eigenvalue weighted by molar-refractivity contribution is 6.14. The van der Waals surface area contributed by atoms with Gasteiger partial charge in [-0.3, -0.25) is 14.5 Å². The highest BCUT2D eigenvalue weighted by atomic mass is 16.2. The second-order valence-corrected chi connectivity index (χ2v) is 6.99. The Kier molecular flexibility index (Phi) is 5.50. The number of Topliss-reactive ketones (excluding diaryl/α,β-unsaturated/α-hetero) is 2. The predicted molar refractivity (Wildman–Crippen MR) is 94.7 cm³/mol. The van der Waals surface area contributed by atoms with Crippen LogP contribution in [0.25, 0.3) is 0 Å². The van der Waals surface area contributed by atoms with E-state index in [4.69, 9.17) is 0 Å². The van der Waals surface area contributed by atoms with Crippen LogP contribution in [0, 0.1) is 11.5 Å². The van der Waals surface area contributed by atoms with Crippen LogP contribution in [0.4, 0.5) is 0 Å². The first-order valence-corrected chi connectivity index (χ1v) is 9.21. The summed E-state index contributed by atoms with van der Waals surface area (Å²) in [4.78, 5) is 27.7. The molecule has 1 N–H and O–H groups in total. The van der Waals surface area contributed by atoms with Crippen molar-refractivity contribution in [2.75, 3.05) is 13.1 Å². The van der Waals surface area contributed by atoms with Gasteiger partial charge in [0.25, 0.3) is 0 Å². The number of nitrogens with one attached hydrogen (secondary N) is 1. The lowest BCUT2D eigenvalue weighted by Crippen LogP contribution is -2.59. The van der Waals surface area contributed by atoms with Gasteiger partial charge in [-0.2, -0.15) is 5.26 Å². The highest BCUT2D eigenvalue weighted by Gasteiger charge is 2.54. The SMILES string of the molecule is N#CN1CCCC1(C(=O)CCCc1ccccc1)C(=O)[C@@H]1CCCN1. The summed E-state index contributed by atoms with van der Waals surface area (Å²) in [7, 11) is 0. The molecule has 25 heavy (non-hydrogen) atoms. The summed E-state index contributed by atoms with van der Waals surface area (Å²) in [6.07, 6.45) is 6.86. The van der Waals surface area contributed by atoms with Gasteiger partial charge in [0.15, 0.2) is 23.3 Å². The fourth-order valence-corrected chi connectivity index (χ4v) is 4.14. The first-order valence-electron chi connectivity index (χ1n) is 9.21. The van der Waals surface area contributed by atoms with E-state index in [1.807, 2.05) is 30.3 Å². The minimum atomic E-state index is -1.23. The molecular weight excluding hydrogens is 314 g/mol. The topological polar surface area (TPSA) is 73.2 Å². The molecule has 0 aromatic heterocycles. The van der Waals surface area contributed by atoms with E-state index in [0.717, 1.165) is 32.2 Å². The van der Waals surface area contributed by atoms with Gasteiger partial charge < -0.3 is 5.32 Å². The van der Waals surface area contributed by atoms with Crippen LogP contribution < -0.4 is 5.32 Å². The van der Waals surface area contributed by atoms with Crippen molar-refractivity contribution in [1.29, 1.82) is 5.26 Å². The Morgan fingerprint density at radius 3 is 2.76 bits per heavy atom. The van der Waals surface area contributed by atoms with Gasteiger partial charge in [-0.1, -0.05) is 30.3 Å². The van der Waals surface area contributed by atoms with E-state index in [-0.39, 0.29) is 17.6 Å². The third kappa shape index (κ3) is 3.45. The van der Waals surface area contributed by atoms with E-state index >= 15 is 0 Å². The summed E-state index contributed by atoms with van der Waals surface area (Å²) < 4.78 is 0. The molecule has 132 valence electrons. The van der Waals surface area contributed by atoms with E-state index < -0.39 is 5.54 Å². The van der Waals surface area contributed by atoms with Crippen molar-refractivity contribution in [3.8, 4) is 6.19 Å². The maximum Gasteiger partial charge on any atom is 0.183 e. The van der Waals surface area contributed by atoms with Gasteiger partial charge in [0, 0.05) is 13.0 Å². The molecule has 3 rings (SSSR count). The van der Waals surface area contributed by atoms with Gasteiger partial charge in [0.1, 0.15) is 0 Å². The fraction of sp³-hybridized carbons (Fsp3) is 0.550. The van der Waals surface area contributed by atoms with Crippen LogP contribution >= 0.6 is 0 Å². The first kappa shape index (κ1) is 17.6.